The number of anilines is 1. The lowest BCUT2D eigenvalue weighted by molar-refractivity contribution is -0.115. The van der Waals surface area contributed by atoms with Gasteiger partial charge in [-0.2, -0.15) is 0 Å². The molecule has 0 aliphatic rings. The molecule has 4 nitrogen and oxygen atoms in total. The Morgan fingerprint density at radius 1 is 1.00 bits per heavy atom. The van der Waals surface area contributed by atoms with Gasteiger partial charge < -0.3 is 10.6 Å². The Morgan fingerprint density at radius 2 is 1.78 bits per heavy atom. The number of nitrogens with one attached hydrogen (secondary N) is 2. The average molecular weight is 461 g/mol. The molecule has 2 amide bonds. The molecule has 1 aromatic heterocycles. The van der Waals surface area contributed by atoms with E-state index >= 15 is 0 Å². The Bertz CT molecular complexity index is 912. The number of thioether (sulfide) groups is 1. The van der Waals surface area contributed by atoms with E-state index in [1.54, 1.807) is 41.3 Å². The maximum absolute atomic E-state index is 12.5. The number of rotatable bonds is 7. The zero-order chi connectivity index (χ0) is 19.1. The fourth-order valence-electron chi connectivity index (χ4n) is 2.32. The summed E-state index contributed by atoms with van der Waals surface area (Å²) in [6.07, 6.45) is 0. The number of halogens is 1. The lowest BCUT2D eigenvalue weighted by Gasteiger charge is -2.10. The molecule has 0 aliphatic carbocycles. The van der Waals surface area contributed by atoms with Gasteiger partial charge in [-0.25, -0.2) is 0 Å². The second-order valence-corrected chi connectivity index (χ2v) is 8.57. The Hall–Kier alpha value is -2.09. The van der Waals surface area contributed by atoms with E-state index in [2.05, 4.69) is 32.6 Å². The topological polar surface area (TPSA) is 58.2 Å². The van der Waals surface area contributed by atoms with E-state index < -0.39 is 0 Å². The Balaban J connectivity index is 1.55. The van der Waals surface area contributed by atoms with Crippen molar-refractivity contribution in [3.8, 4) is 0 Å². The van der Waals surface area contributed by atoms with Gasteiger partial charge in [-0.1, -0.05) is 34.1 Å². The van der Waals surface area contributed by atoms with Crippen molar-refractivity contribution in [3.05, 3.63) is 81.0 Å². The van der Waals surface area contributed by atoms with Crippen LogP contribution in [-0.2, 0) is 10.5 Å². The van der Waals surface area contributed by atoms with Gasteiger partial charge in [-0.3, -0.25) is 9.59 Å². The quantitative estimate of drug-likeness (QED) is 0.478. The first-order chi connectivity index (χ1) is 13.1. The van der Waals surface area contributed by atoms with E-state index in [4.69, 9.17) is 0 Å². The molecule has 0 fully saturated rings. The van der Waals surface area contributed by atoms with E-state index in [0.29, 0.717) is 11.3 Å². The van der Waals surface area contributed by atoms with Gasteiger partial charge in [0.1, 0.15) is 0 Å². The summed E-state index contributed by atoms with van der Waals surface area (Å²) in [5.41, 5.74) is 1.26. The summed E-state index contributed by atoms with van der Waals surface area (Å²) >= 11 is 6.66. The predicted molar refractivity (Wildman–Crippen MR) is 115 cm³/mol. The minimum absolute atomic E-state index is 0.0845. The summed E-state index contributed by atoms with van der Waals surface area (Å²) < 4.78 is 0.936. The summed E-state index contributed by atoms with van der Waals surface area (Å²) in [6.45, 7) is -0.0845. The Labute approximate surface area is 174 Å². The van der Waals surface area contributed by atoms with Crippen molar-refractivity contribution >= 4 is 56.5 Å². The standard InChI is InChI=1S/C20H17BrN2O2S2/c21-14-7-9-15(10-8-14)23-19(24)12-22-20(25)17-5-1-2-6-18(17)27-13-16-4-3-11-26-16/h1-11H,12-13H2,(H,22,25)(H,23,24). The SMILES string of the molecule is O=C(CNC(=O)c1ccccc1SCc1cccs1)Nc1ccc(Br)cc1. The van der Waals surface area contributed by atoms with Gasteiger partial charge in [-0.05, 0) is 47.8 Å². The van der Waals surface area contributed by atoms with E-state index in [9.17, 15) is 9.59 Å². The molecule has 0 aliphatic heterocycles. The minimum atomic E-state index is -0.269. The summed E-state index contributed by atoms with van der Waals surface area (Å²) in [5.74, 6) is 0.288. The predicted octanol–water partition coefficient (Wildman–Crippen LogP) is 5.17. The smallest absolute Gasteiger partial charge is 0.252 e. The van der Waals surface area contributed by atoms with Crippen LogP contribution in [0.15, 0.2) is 75.4 Å². The zero-order valence-electron chi connectivity index (χ0n) is 14.3. The van der Waals surface area contributed by atoms with Crippen LogP contribution in [0.3, 0.4) is 0 Å². The maximum atomic E-state index is 12.5. The van der Waals surface area contributed by atoms with Gasteiger partial charge in [0, 0.05) is 25.7 Å². The van der Waals surface area contributed by atoms with Crippen LogP contribution < -0.4 is 10.6 Å². The molecule has 3 aromatic rings. The fraction of sp³-hybridized carbons (Fsp3) is 0.100. The van der Waals surface area contributed by atoms with Crippen LogP contribution in [-0.4, -0.2) is 18.4 Å². The van der Waals surface area contributed by atoms with Crippen molar-refractivity contribution in [2.45, 2.75) is 10.6 Å². The van der Waals surface area contributed by atoms with Crippen molar-refractivity contribution in [2.75, 3.05) is 11.9 Å². The number of amides is 2. The first-order valence-corrected chi connectivity index (χ1v) is 10.9. The molecule has 0 atom stereocenters. The van der Waals surface area contributed by atoms with Crippen LogP contribution in [0.25, 0.3) is 0 Å². The molecule has 0 bridgehead atoms. The highest BCUT2D eigenvalue weighted by molar-refractivity contribution is 9.10. The van der Waals surface area contributed by atoms with E-state index in [1.807, 2.05) is 41.8 Å². The number of benzene rings is 2. The number of hydrogen-bond donors (Lipinski definition) is 2. The second-order valence-electron chi connectivity index (χ2n) is 5.60. The lowest BCUT2D eigenvalue weighted by Crippen LogP contribution is -2.33. The first kappa shape index (κ1) is 19.7. The third kappa shape index (κ3) is 5.95. The molecule has 0 unspecified atom stereocenters. The van der Waals surface area contributed by atoms with Crippen molar-refractivity contribution in [3.63, 3.8) is 0 Å². The normalized spacial score (nSPS) is 10.4. The first-order valence-electron chi connectivity index (χ1n) is 8.19. The summed E-state index contributed by atoms with van der Waals surface area (Å²) in [4.78, 5) is 26.7. The molecule has 7 heteroatoms. The van der Waals surface area contributed by atoms with E-state index in [-0.39, 0.29) is 18.4 Å². The van der Waals surface area contributed by atoms with Crippen LogP contribution >= 0.6 is 39.0 Å². The van der Waals surface area contributed by atoms with Crippen LogP contribution in [0, 0.1) is 0 Å². The highest BCUT2D eigenvalue weighted by atomic mass is 79.9. The lowest BCUT2D eigenvalue weighted by atomic mass is 10.2. The third-order valence-corrected chi connectivity index (χ3v) is 6.33. The van der Waals surface area contributed by atoms with E-state index in [1.165, 1.54) is 4.88 Å². The maximum Gasteiger partial charge on any atom is 0.252 e. The Kier molecular flexibility index (Phi) is 7.09. The third-order valence-electron chi connectivity index (χ3n) is 3.62. The fourth-order valence-corrected chi connectivity index (χ4v) is 4.41. The van der Waals surface area contributed by atoms with Gasteiger partial charge in [0.05, 0.1) is 12.1 Å². The molecule has 2 aromatic carbocycles. The number of hydrogen-bond acceptors (Lipinski definition) is 4. The molecule has 0 radical (unpaired) electrons. The largest absolute Gasteiger partial charge is 0.343 e. The second kappa shape index (κ2) is 9.73. The minimum Gasteiger partial charge on any atom is -0.343 e. The van der Waals surface area contributed by atoms with Crippen molar-refractivity contribution in [1.82, 2.24) is 5.32 Å². The molecule has 0 saturated heterocycles. The van der Waals surface area contributed by atoms with Crippen molar-refractivity contribution in [1.29, 1.82) is 0 Å². The molecule has 0 spiro atoms. The molecule has 1 heterocycles. The molecule has 0 saturated carbocycles. The highest BCUT2D eigenvalue weighted by Gasteiger charge is 2.13. The van der Waals surface area contributed by atoms with Gasteiger partial charge in [0.25, 0.3) is 5.91 Å². The summed E-state index contributed by atoms with van der Waals surface area (Å²) in [6, 6.07) is 18.8. The van der Waals surface area contributed by atoms with Gasteiger partial charge in [0.2, 0.25) is 5.91 Å². The summed E-state index contributed by atoms with van der Waals surface area (Å²) in [7, 11) is 0. The van der Waals surface area contributed by atoms with Crippen LogP contribution in [0.5, 0.6) is 0 Å². The number of carbonyl (C=O) groups is 2. The number of carbonyl (C=O) groups excluding carboxylic acids is 2. The molecule has 27 heavy (non-hydrogen) atoms. The molecule has 138 valence electrons. The van der Waals surface area contributed by atoms with Crippen molar-refractivity contribution in [2.24, 2.45) is 0 Å². The zero-order valence-corrected chi connectivity index (χ0v) is 17.5. The van der Waals surface area contributed by atoms with Gasteiger partial charge in [0.15, 0.2) is 0 Å². The molecular formula is C20H17BrN2O2S2. The van der Waals surface area contributed by atoms with Crippen LogP contribution in [0.2, 0.25) is 0 Å². The molecular weight excluding hydrogens is 444 g/mol. The highest BCUT2D eigenvalue weighted by Crippen LogP contribution is 2.27. The average Bonchev–Trinajstić information content (AvgIpc) is 3.20. The van der Waals surface area contributed by atoms with Gasteiger partial charge >= 0.3 is 0 Å². The number of thiophene rings is 1. The van der Waals surface area contributed by atoms with Gasteiger partial charge in [-0.15, -0.1) is 23.1 Å². The van der Waals surface area contributed by atoms with E-state index in [0.717, 1.165) is 15.1 Å². The van der Waals surface area contributed by atoms with Crippen LogP contribution in [0.1, 0.15) is 15.2 Å². The summed E-state index contributed by atoms with van der Waals surface area (Å²) in [5, 5.41) is 7.49. The molecule has 3 rings (SSSR count). The van der Waals surface area contributed by atoms with Crippen LogP contribution in [0.4, 0.5) is 5.69 Å². The monoisotopic (exact) mass is 460 g/mol. The molecule has 2 N–H and O–H groups in total. The Morgan fingerprint density at radius 3 is 2.52 bits per heavy atom. The van der Waals surface area contributed by atoms with Crippen molar-refractivity contribution < 1.29 is 9.59 Å².